The molecule has 0 unspecified atom stereocenters. The van der Waals surface area contributed by atoms with Crippen molar-refractivity contribution in [1.29, 1.82) is 0 Å². The number of piperidine rings is 1. The quantitative estimate of drug-likeness (QED) is 0.814. The predicted octanol–water partition coefficient (Wildman–Crippen LogP) is 2.05. The largest absolute Gasteiger partial charge is 0.396 e. The molecular weight excluding hydrogens is 354 g/mol. The number of hydrogen-bond donors (Lipinski definition) is 2. The molecule has 0 atom stereocenters. The number of aliphatic hydroxyl groups is 1. The van der Waals surface area contributed by atoms with Crippen LogP contribution in [0.25, 0.3) is 0 Å². The second-order valence-corrected chi connectivity index (χ2v) is 8.55. The lowest BCUT2D eigenvalue weighted by atomic mass is 9.73. The molecule has 2 amide bonds. The maximum Gasteiger partial charge on any atom is 0.251 e. The molecule has 2 heterocycles. The number of likely N-dealkylation sites (N-methyl/N-ethyl adjacent to an activating group) is 1. The molecule has 1 aromatic carbocycles. The van der Waals surface area contributed by atoms with E-state index in [1.807, 2.05) is 25.2 Å². The highest BCUT2D eigenvalue weighted by molar-refractivity contribution is 6.09. The zero-order valence-electron chi connectivity index (χ0n) is 16.7. The fraction of sp³-hybridized carbons (Fsp3) is 0.636. The van der Waals surface area contributed by atoms with E-state index < -0.39 is 5.41 Å². The van der Waals surface area contributed by atoms with Crippen LogP contribution in [-0.4, -0.2) is 61.2 Å². The van der Waals surface area contributed by atoms with Gasteiger partial charge in [0.05, 0.1) is 5.41 Å². The van der Waals surface area contributed by atoms with Gasteiger partial charge in [-0.25, -0.2) is 0 Å². The Labute approximate surface area is 166 Å². The van der Waals surface area contributed by atoms with Crippen LogP contribution in [-0.2, 0) is 10.2 Å². The lowest BCUT2D eigenvalue weighted by Crippen LogP contribution is -2.48. The highest BCUT2D eigenvalue weighted by Crippen LogP contribution is 2.47. The molecule has 28 heavy (non-hydrogen) atoms. The van der Waals surface area contributed by atoms with Crippen molar-refractivity contribution < 1.29 is 14.7 Å². The summed E-state index contributed by atoms with van der Waals surface area (Å²) < 4.78 is 0. The van der Waals surface area contributed by atoms with Crippen LogP contribution in [0.1, 0.15) is 60.9 Å². The van der Waals surface area contributed by atoms with E-state index in [4.69, 9.17) is 5.11 Å². The summed E-state index contributed by atoms with van der Waals surface area (Å²) in [6, 6.07) is 6.03. The SMILES string of the molecule is CN1C(=O)C2(CCN(CCCO)CC2)c2cc(C(=O)NC3CCCC3)ccc21. The van der Waals surface area contributed by atoms with Crippen molar-refractivity contribution in [2.45, 2.75) is 56.4 Å². The Morgan fingerprint density at radius 1 is 1.25 bits per heavy atom. The molecule has 1 aromatic rings. The standard InChI is InChI=1S/C22H31N3O3/c1-24-19-8-7-16(20(27)23-17-5-2-3-6-17)15-18(19)22(21(24)28)9-12-25(13-10-22)11-4-14-26/h7-8,15,17,26H,2-6,9-14H2,1H3,(H,23,27). The zero-order chi connectivity index (χ0) is 19.7. The Kier molecular flexibility index (Phi) is 5.43. The van der Waals surface area contributed by atoms with Gasteiger partial charge in [-0.15, -0.1) is 0 Å². The maximum atomic E-state index is 13.2. The lowest BCUT2D eigenvalue weighted by molar-refractivity contribution is -0.124. The number of rotatable bonds is 5. The van der Waals surface area contributed by atoms with Crippen molar-refractivity contribution in [1.82, 2.24) is 10.2 Å². The van der Waals surface area contributed by atoms with Crippen LogP contribution in [0, 0.1) is 0 Å². The molecule has 1 saturated carbocycles. The van der Waals surface area contributed by atoms with Gasteiger partial charge >= 0.3 is 0 Å². The molecule has 2 aliphatic heterocycles. The van der Waals surface area contributed by atoms with E-state index in [1.54, 1.807) is 4.90 Å². The third-order valence-corrected chi connectivity index (χ3v) is 6.88. The smallest absolute Gasteiger partial charge is 0.251 e. The topological polar surface area (TPSA) is 72.9 Å². The number of nitrogens with one attached hydrogen (secondary N) is 1. The molecule has 0 aromatic heterocycles. The van der Waals surface area contributed by atoms with Crippen molar-refractivity contribution in [2.75, 3.05) is 38.2 Å². The number of aliphatic hydroxyl groups excluding tert-OH is 1. The van der Waals surface area contributed by atoms with Gasteiger partial charge in [-0.3, -0.25) is 9.59 Å². The maximum absolute atomic E-state index is 13.2. The molecule has 1 saturated heterocycles. The van der Waals surface area contributed by atoms with Gasteiger partial charge in [0.2, 0.25) is 5.91 Å². The third-order valence-electron chi connectivity index (χ3n) is 6.88. The van der Waals surface area contributed by atoms with Gasteiger partial charge in [0.25, 0.3) is 5.91 Å². The molecule has 6 nitrogen and oxygen atoms in total. The van der Waals surface area contributed by atoms with Crippen LogP contribution in [0.3, 0.4) is 0 Å². The van der Waals surface area contributed by atoms with E-state index in [9.17, 15) is 9.59 Å². The fourth-order valence-electron chi connectivity index (χ4n) is 5.17. The number of carbonyl (C=O) groups is 2. The van der Waals surface area contributed by atoms with E-state index in [-0.39, 0.29) is 24.5 Å². The highest BCUT2D eigenvalue weighted by Gasteiger charge is 2.51. The summed E-state index contributed by atoms with van der Waals surface area (Å²) in [6.07, 6.45) is 6.79. The molecule has 2 N–H and O–H groups in total. The van der Waals surface area contributed by atoms with Gasteiger partial charge in [0.1, 0.15) is 0 Å². The van der Waals surface area contributed by atoms with E-state index in [0.717, 1.165) is 63.0 Å². The highest BCUT2D eigenvalue weighted by atomic mass is 16.3. The number of fused-ring (bicyclic) bond motifs is 2. The molecule has 6 heteroatoms. The van der Waals surface area contributed by atoms with Gasteiger partial charge < -0.3 is 20.2 Å². The van der Waals surface area contributed by atoms with Gasteiger partial charge in [0.15, 0.2) is 0 Å². The van der Waals surface area contributed by atoms with Crippen molar-refractivity contribution in [3.63, 3.8) is 0 Å². The molecule has 3 aliphatic rings. The van der Waals surface area contributed by atoms with E-state index >= 15 is 0 Å². The fourth-order valence-corrected chi connectivity index (χ4v) is 5.17. The number of hydrogen-bond acceptors (Lipinski definition) is 4. The van der Waals surface area contributed by atoms with Gasteiger partial charge in [-0.05, 0) is 69.0 Å². The summed E-state index contributed by atoms with van der Waals surface area (Å²) in [5, 5.41) is 12.2. The first-order valence-electron chi connectivity index (χ1n) is 10.6. The number of benzene rings is 1. The minimum Gasteiger partial charge on any atom is -0.396 e. The summed E-state index contributed by atoms with van der Waals surface area (Å²) in [4.78, 5) is 30.0. The van der Waals surface area contributed by atoms with Crippen LogP contribution < -0.4 is 10.2 Å². The second kappa shape index (κ2) is 7.84. The van der Waals surface area contributed by atoms with Crippen molar-refractivity contribution in [3.05, 3.63) is 29.3 Å². The summed E-state index contributed by atoms with van der Waals surface area (Å²) in [5.41, 5.74) is 2.10. The van der Waals surface area contributed by atoms with Crippen LogP contribution in [0.2, 0.25) is 0 Å². The Bertz CT molecular complexity index is 749. The Morgan fingerprint density at radius 2 is 1.96 bits per heavy atom. The average molecular weight is 386 g/mol. The average Bonchev–Trinajstić information content (AvgIpc) is 3.30. The second-order valence-electron chi connectivity index (χ2n) is 8.55. The molecule has 152 valence electrons. The monoisotopic (exact) mass is 385 g/mol. The van der Waals surface area contributed by atoms with Gasteiger partial charge in [-0.1, -0.05) is 12.8 Å². The molecule has 1 spiro atoms. The molecule has 0 radical (unpaired) electrons. The van der Waals surface area contributed by atoms with E-state index in [1.165, 1.54) is 12.8 Å². The normalized spacial score (nSPS) is 22.1. The summed E-state index contributed by atoms with van der Waals surface area (Å²) in [5.74, 6) is 0.130. The predicted molar refractivity (Wildman–Crippen MR) is 109 cm³/mol. The van der Waals surface area contributed by atoms with Crippen molar-refractivity contribution in [3.8, 4) is 0 Å². The summed E-state index contributed by atoms with van der Waals surface area (Å²) in [7, 11) is 1.84. The number of nitrogens with zero attached hydrogens (tertiary/aromatic N) is 2. The lowest BCUT2D eigenvalue weighted by Gasteiger charge is -2.38. The molecular formula is C22H31N3O3. The Hall–Kier alpha value is -1.92. The zero-order valence-corrected chi connectivity index (χ0v) is 16.7. The van der Waals surface area contributed by atoms with Gasteiger partial charge in [-0.2, -0.15) is 0 Å². The van der Waals surface area contributed by atoms with E-state index in [2.05, 4.69) is 10.2 Å². The van der Waals surface area contributed by atoms with Gasteiger partial charge in [0, 0.05) is 37.5 Å². The van der Waals surface area contributed by atoms with Crippen molar-refractivity contribution in [2.24, 2.45) is 0 Å². The van der Waals surface area contributed by atoms with Crippen molar-refractivity contribution >= 4 is 17.5 Å². The Balaban J connectivity index is 1.56. The first-order chi connectivity index (χ1) is 13.5. The molecule has 1 aliphatic carbocycles. The molecule has 0 bridgehead atoms. The minimum atomic E-state index is -0.510. The molecule has 2 fully saturated rings. The minimum absolute atomic E-state index is 0.0211. The van der Waals surface area contributed by atoms with E-state index in [0.29, 0.717) is 5.56 Å². The molecule has 4 rings (SSSR count). The first kappa shape index (κ1) is 19.4. The number of carbonyl (C=O) groups excluding carboxylic acids is 2. The Morgan fingerprint density at radius 3 is 2.64 bits per heavy atom. The summed E-state index contributed by atoms with van der Waals surface area (Å²) >= 11 is 0. The van der Waals surface area contributed by atoms with Crippen LogP contribution >= 0.6 is 0 Å². The summed E-state index contributed by atoms with van der Waals surface area (Å²) in [6.45, 7) is 2.76. The first-order valence-corrected chi connectivity index (χ1v) is 10.6. The number of amides is 2. The third kappa shape index (κ3) is 3.33. The number of anilines is 1. The van der Waals surface area contributed by atoms with Crippen LogP contribution in [0.15, 0.2) is 18.2 Å². The van der Waals surface area contributed by atoms with Crippen LogP contribution in [0.5, 0.6) is 0 Å². The number of likely N-dealkylation sites (tertiary alicyclic amines) is 1. The van der Waals surface area contributed by atoms with Crippen LogP contribution in [0.4, 0.5) is 5.69 Å².